The Morgan fingerprint density at radius 2 is 1.88 bits per heavy atom. The summed E-state index contributed by atoms with van der Waals surface area (Å²) in [6, 6.07) is 0.555. The summed E-state index contributed by atoms with van der Waals surface area (Å²) in [7, 11) is 4.21. The average Bonchev–Trinajstić information content (AvgIpc) is 2.30. The van der Waals surface area contributed by atoms with Gasteiger partial charge in [-0.1, -0.05) is 19.3 Å². The van der Waals surface area contributed by atoms with Crippen molar-refractivity contribution in [2.75, 3.05) is 33.8 Å². The van der Waals surface area contributed by atoms with E-state index in [9.17, 15) is 5.11 Å². The molecule has 3 heteroatoms. The number of aliphatic hydroxyl groups excluding tert-OH is 1. The fraction of sp³-hybridized carbons (Fsp3) is 1.00. The Morgan fingerprint density at radius 3 is 2.38 bits per heavy atom. The van der Waals surface area contributed by atoms with Crippen molar-refractivity contribution >= 4 is 0 Å². The molecule has 1 atom stereocenters. The van der Waals surface area contributed by atoms with E-state index in [1.807, 2.05) is 0 Å². The van der Waals surface area contributed by atoms with Crippen molar-refractivity contribution < 1.29 is 5.11 Å². The average molecular weight is 228 g/mol. The van der Waals surface area contributed by atoms with Crippen LogP contribution in [-0.2, 0) is 0 Å². The van der Waals surface area contributed by atoms with Crippen LogP contribution in [0, 0.1) is 5.41 Å². The Hall–Kier alpha value is -0.120. The Morgan fingerprint density at radius 1 is 1.25 bits per heavy atom. The number of nitrogens with zero attached hydrogens (tertiary/aromatic N) is 1. The van der Waals surface area contributed by atoms with E-state index in [0.29, 0.717) is 12.6 Å². The van der Waals surface area contributed by atoms with Crippen LogP contribution >= 0.6 is 0 Å². The summed E-state index contributed by atoms with van der Waals surface area (Å²) in [4.78, 5) is 2.22. The van der Waals surface area contributed by atoms with Gasteiger partial charge in [-0.3, -0.25) is 0 Å². The lowest BCUT2D eigenvalue weighted by atomic mass is 9.74. The number of rotatable bonds is 6. The summed E-state index contributed by atoms with van der Waals surface area (Å²) in [5, 5.41) is 13.1. The monoisotopic (exact) mass is 228 g/mol. The fourth-order valence-corrected chi connectivity index (χ4v) is 2.42. The minimum absolute atomic E-state index is 0.171. The van der Waals surface area contributed by atoms with Crippen LogP contribution in [-0.4, -0.2) is 49.8 Å². The highest BCUT2D eigenvalue weighted by molar-refractivity contribution is 4.84. The van der Waals surface area contributed by atoms with Gasteiger partial charge >= 0.3 is 0 Å². The number of hydrogen-bond donors (Lipinski definition) is 2. The smallest absolute Gasteiger partial charge is 0.0499 e. The molecule has 0 aromatic rings. The molecule has 1 rings (SSSR count). The van der Waals surface area contributed by atoms with Crippen molar-refractivity contribution in [2.24, 2.45) is 5.41 Å². The molecule has 0 aromatic carbocycles. The van der Waals surface area contributed by atoms with E-state index >= 15 is 0 Å². The maximum Gasteiger partial charge on any atom is 0.0499 e. The largest absolute Gasteiger partial charge is 0.396 e. The van der Waals surface area contributed by atoms with Gasteiger partial charge in [-0.15, -0.1) is 0 Å². The first-order valence-corrected chi connectivity index (χ1v) is 6.58. The summed E-state index contributed by atoms with van der Waals surface area (Å²) in [5.74, 6) is 0. The minimum Gasteiger partial charge on any atom is -0.396 e. The summed E-state index contributed by atoms with van der Waals surface area (Å²) >= 11 is 0. The fourth-order valence-electron chi connectivity index (χ4n) is 2.42. The van der Waals surface area contributed by atoms with E-state index < -0.39 is 0 Å². The van der Waals surface area contributed by atoms with Gasteiger partial charge in [0, 0.05) is 31.2 Å². The lowest BCUT2D eigenvalue weighted by Gasteiger charge is -2.36. The number of hydrogen-bond acceptors (Lipinski definition) is 3. The third-order valence-electron chi connectivity index (χ3n) is 4.07. The van der Waals surface area contributed by atoms with Gasteiger partial charge in [-0.25, -0.2) is 0 Å². The van der Waals surface area contributed by atoms with Crippen LogP contribution in [0.25, 0.3) is 0 Å². The highest BCUT2D eigenvalue weighted by Gasteiger charge is 2.30. The first-order chi connectivity index (χ1) is 7.59. The maximum atomic E-state index is 9.57. The minimum atomic E-state index is 0.171. The van der Waals surface area contributed by atoms with E-state index in [4.69, 9.17) is 0 Å². The predicted molar refractivity (Wildman–Crippen MR) is 68.6 cm³/mol. The third kappa shape index (κ3) is 4.04. The van der Waals surface area contributed by atoms with Crippen molar-refractivity contribution in [3.8, 4) is 0 Å². The summed E-state index contributed by atoms with van der Waals surface area (Å²) < 4.78 is 0. The second-order valence-electron chi connectivity index (χ2n) is 5.66. The van der Waals surface area contributed by atoms with Gasteiger partial charge in [0.15, 0.2) is 0 Å². The normalized spacial score (nSPS) is 22.3. The lowest BCUT2D eigenvalue weighted by Crippen LogP contribution is -2.43. The van der Waals surface area contributed by atoms with Gasteiger partial charge in [-0.05, 0) is 33.9 Å². The Labute approximate surface area is 100 Å². The van der Waals surface area contributed by atoms with Crippen molar-refractivity contribution in [2.45, 2.75) is 45.1 Å². The van der Waals surface area contributed by atoms with Gasteiger partial charge in [0.25, 0.3) is 0 Å². The maximum absolute atomic E-state index is 9.57. The van der Waals surface area contributed by atoms with Crippen LogP contribution in [0.1, 0.15) is 39.0 Å². The van der Waals surface area contributed by atoms with Gasteiger partial charge in [0.1, 0.15) is 0 Å². The molecule has 16 heavy (non-hydrogen) atoms. The topological polar surface area (TPSA) is 35.5 Å². The van der Waals surface area contributed by atoms with E-state index in [0.717, 1.165) is 13.1 Å². The standard InChI is InChI=1S/C13H28N2O/c1-12(15(2)3)9-14-10-13(11-16)7-5-4-6-8-13/h12,14,16H,4-11H2,1-3H3. The van der Waals surface area contributed by atoms with Gasteiger partial charge in [0.2, 0.25) is 0 Å². The van der Waals surface area contributed by atoms with Crippen molar-refractivity contribution in [1.29, 1.82) is 0 Å². The van der Waals surface area contributed by atoms with Crippen molar-refractivity contribution in [1.82, 2.24) is 10.2 Å². The zero-order valence-corrected chi connectivity index (χ0v) is 11.1. The molecule has 1 aliphatic carbocycles. The zero-order valence-electron chi connectivity index (χ0n) is 11.1. The molecule has 1 unspecified atom stereocenters. The molecule has 0 aromatic heterocycles. The second-order valence-corrected chi connectivity index (χ2v) is 5.66. The molecule has 96 valence electrons. The molecule has 0 radical (unpaired) electrons. The molecule has 1 aliphatic rings. The molecule has 0 bridgehead atoms. The first kappa shape index (κ1) is 13.9. The van der Waals surface area contributed by atoms with Crippen LogP contribution in [0.3, 0.4) is 0 Å². The van der Waals surface area contributed by atoms with Crippen molar-refractivity contribution in [3.05, 3.63) is 0 Å². The molecule has 0 heterocycles. The molecule has 1 fully saturated rings. The van der Waals surface area contributed by atoms with Crippen LogP contribution in [0.15, 0.2) is 0 Å². The lowest BCUT2D eigenvalue weighted by molar-refractivity contribution is 0.0798. The molecule has 1 saturated carbocycles. The SMILES string of the molecule is CC(CNCC1(CO)CCCCC1)N(C)C. The van der Waals surface area contributed by atoms with Gasteiger partial charge < -0.3 is 15.3 Å². The van der Waals surface area contributed by atoms with E-state index in [1.54, 1.807) is 0 Å². The summed E-state index contributed by atoms with van der Waals surface area (Å²) in [5.41, 5.74) is 0.171. The van der Waals surface area contributed by atoms with Gasteiger partial charge in [0.05, 0.1) is 0 Å². The Balaban J connectivity index is 2.28. The van der Waals surface area contributed by atoms with Crippen molar-refractivity contribution in [3.63, 3.8) is 0 Å². The number of nitrogens with one attached hydrogen (secondary N) is 1. The highest BCUT2D eigenvalue weighted by Crippen LogP contribution is 2.35. The molecule has 0 amide bonds. The molecule has 3 nitrogen and oxygen atoms in total. The quantitative estimate of drug-likeness (QED) is 0.722. The molecular weight excluding hydrogens is 200 g/mol. The number of likely N-dealkylation sites (N-methyl/N-ethyl adjacent to an activating group) is 1. The number of aliphatic hydroxyl groups is 1. The molecule has 0 aliphatic heterocycles. The van der Waals surface area contributed by atoms with Crippen LogP contribution in [0.5, 0.6) is 0 Å². The third-order valence-corrected chi connectivity index (χ3v) is 4.07. The molecular formula is C13H28N2O. The van der Waals surface area contributed by atoms with Crippen LogP contribution in [0.4, 0.5) is 0 Å². The van der Waals surface area contributed by atoms with Crippen LogP contribution in [0.2, 0.25) is 0 Å². The molecule has 2 N–H and O–H groups in total. The molecule has 0 spiro atoms. The summed E-state index contributed by atoms with van der Waals surface area (Å²) in [6.45, 7) is 4.55. The van der Waals surface area contributed by atoms with E-state index in [2.05, 4.69) is 31.2 Å². The van der Waals surface area contributed by atoms with E-state index in [-0.39, 0.29) is 5.41 Å². The molecule has 0 saturated heterocycles. The summed E-state index contributed by atoms with van der Waals surface area (Å²) in [6.07, 6.45) is 6.28. The highest BCUT2D eigenvalue weighted by atomic mass is 16.3. The Kier molecular flexibility index (Phi) is 5.73. The predicted octanol–water partition coefficient (Wildman–Crippen LogP) is 1.47. The van der Waals surface area contributed by atoms with Gasteiger partial charge in [-0.2, -0.15) is 0 Å². The van der Waals surface area contributed by atoms with E-state index in [1.165, 1.54) is 32.1 Å². The first-order valence-electron chi connectivity index (χ1n) is 6.58. The Bertz CT molecular complexity index is 188. The van der Waals surface area contributed by atoms with Crippen LogP contribution < -0.4 is 5.32 Å². The second kappa shape index (κ2) is 6.58. The zero-order chi connectivity index (χ0) is 12.0.